The molecule has 0 amide bonds. The Morgan fingerprint density at radius 2 is 2.44 bits per heavy atom. The fourth-order valence-corrected chi connectivity index (χ4v) is 2.48. The van der Waals surface area contributed by atoms with E-state index < -0.39 is 0 Å². The summed E-state index contributed by atoms with van der Waals surface area (Å²) in [5, 5.41) is 4.38. The van der Waals surface area contributed by atoms with Gasteiger partial charge in [0.15, 0.2) is 0 Å². The van der Waals surface area contributed by atoms with Crippen LogP contribution in [-0.4, -0.2) is 24.7 Å². The van der Waals surface area contributed by atoms with Gasteiger partial charge < -0.3 is 14.5 Å². The predicted molar refractivity (Wildman–Crippen MR) is 69.7 cm³/mol. The van der Waals surface area contributed by atoms with Crippen LogP contribution in [0.25, 0.3) is 11.0 Å². The van der Waals surface area contributed by atoms with Crippen molar-refractivity contribution in [1.82, 2.24) is 10.3 Å². The Labute approximate surface area is 106 Å². The van der Waals surface area contributed by atoms with E-state index in [0.29, 0.717) is 5.88 Å². The summed E-state index contributed by atoms with van der Waals surface area (Å²) in [7, 11) is 0. The summed E-state index contributed by atoms with van der Waals surface area (Å²) >= 11 is 0. The molecular weight excluding hydrogens is 228 g/mol. The van der Waals surface area contributed by atoms with Gasteiger partial charge in [-0.25, -0.2) is 4.98 Å². The van der Waals surface area contributed by atoms with Gasteiger partial charge in [0.05, 0.1) is 18.3 Å². The molecule has 1 aliphatic rings. The quantitative estimate of drug-likeness (QED) is 0.900. The molecule has 2 aromatic rings. The van der Waals surface area contributed by atoms with Crippen molar-refractivity contribution in [3.8, 4) is 5.88 Å². The van der Waals surface area contributed by atoms with Gasteiger partial charge in [-0.1, -0.05) is 0 Å². The minimum atomic E-state index is 0.685. The summed E-state index contributed by atoms with van der Waals surface area (Å²) in [5.74, 6) is 1.42. The maximum Gasteiger partial charge on any atom is 0.224 e. The molecule has 1 unspecified atom stereocenters. The van der Waals surface area contributed by atoms with Gasteiger partial charge in [-0.05, 0) is 50.4 Å². The average Bonchev–Trinajstić information content (AvgIpc) is 2.89. The molecule has 0 radical (unpaired) electrons. The maximum absolute atomic E-state index is 5.78. The van der Waals surface area contributed by atoms with E-state index in [1.54, 1.807) is 12.5 Å². The van der Waals surface area contributed by atoms with Gasteiger partial charge in [0.2, 0.25) is 5.88 Å². The van der Waals surface area contributed by atoms with Crippen molar-refractivity contribution >= 4 is 11.0 Å². The molecule has 1 fully saturated rings. The van der Waals surface area contributed by atoms with E-state index in [-0.39, 0.29) is 0 Å². The van der Waals surface area contributed by atoms with E-state index in [1.165, 1.54) is 12.8 Å². The molecule has 4 heteroatoms. The largest absolute Gasteiger partial charge is 0.477 e. The predicted octanol–water partition coefficient (Wildman–Crippen LogP) is 2.60. The molecule has 0 aliphatic carbocycles. The average molecular weight is 246 g/mol. The number of aromatic nitrogens is 1. The molecule has 96 valence electrons. The van der Waals surface area contributed by atoms with Crippen LogP contribution in [-0.2, 0) is 0 Å². The van der Waals surface area contributed by atoms with Crippen LogP contribution < -0.4 is 10.1 Å². The Kier molecular flexibility index (Phi) is 3.46. The zero-order valence-electron chi connectivity index (χ0n) is 10.4. The molecule has 1 saturated heterocycles. The van der Waals surface area contributed by atoms with Crippen LogP contribution in [0.4, 0.5) is 0 Å². The molecule has 1 aliphatic heterocycles. The highest BCUT2D eigenvalue weighted by Crippen LogP contribution is 2.24. The first-order valence-electron chi connectivity index (χ1n) is 6.59. The van der Waals surface area contributed by atoms with Crippen molar-refractivity contribution in [2.24, 2.45) is 5.92 Å². The Hall–Kier alpha value is -1.55. The molecule has 1 N–H and O–H groups in total. The summed E-state index contributed by atoms with van der Waals surface area (Å²) < 4.78 is 11.1. The zero-order chi connectivity index (χ0) is 12.2. The fraction of sp³-hybridized carbons (Fsp3) is 0.500. The molecule has 0 spiro atoms. The lowest BCUT2D eigenvalue weighted by Gasteiger charge is -2.22. The van der Waals surface area contributed by atoms with Crippen LogP contribution in [0, 0.1) is 5.92 Å². The highest BCUT2D eigenvalue weighted by molar-refractivity contribution is 5.81. The third kappa shape index (κ3) is 2.48. The summed E-state index contributed by atoms with van der Waals surface area (Å²) in [6.45, 7) is 3.00. The second-order valence-electron chi connectivity index (χ2n) is 4.80. The number of hydrogen-bond acceptors (Lipinski definition) is 4. The van der Waals surface area contributed by atoms with Crippen molar-refractivity contribution in [2.45, 2.75) is 19.3 Å². The molecule has 4 nitrogen and oxygen atoms in total. The van der Waals surface area contributed by atoms with Gasteiger partial charge in [-0.2, -0.15) is 0 Å². The van der Waals surface area contributed by atoms with Gasteiger partial charge >= 0.3 is 0 Å². The van der Waals surface area contributed by atoms with Crippen molar-refractivity contribution in [3.05, 3.63) is 24.6 Å². The smallest absolute Gasteiger partial charge is 0.224 e. The van der Waals surface area contributed by atoms with Crippen molar-refractivity contribution in [3.63, 3.8) is 0 Å². The molecule has 3 rings (SSSR count). The lowest BCUT2D eigenvalue weighted by Crippen LogP contribution is -2.30. The minimum Gasteiger partial charge on any atom is -0.477 e. The van der Waals surface area contributed by atoms with Gasteiger partial charge in [-0.3, -0.25) is 0 Å². The number of hydrogen-bond donors (Lipinski definition) is 1. The molecule has 3 heterocycles. The molecule has 0 aromatic carbocycles. The van der Waals surface area contributed by atoms with Crippen molar-refractivity contribution in [1.29, 1.82) is 0 Å². The summed E-state index contributed by atoms with van der Waals surface area (Å²) in [6, 6.07) is 3.76. The van der Waals surface area contributed by atoms with Gasteiger partial charge in [-0.15, -0.1) is 0 Å². The third-order valence-electron chi connectivity index (χ3n) is 3.51. The summed E-state index contributed by atoms with van der Waals surface area (Å²) in [6.07, 6.45) is 7.07. The van der Waals surface area contributed by atoms with Crippen molar-refractivity contribution in [2.75, 3.05) is 19.7 Å². The summed E-state index contributed by atoms with van der Waals surface area (Å²) in [5.41, 5.74) is 0.833. The van der Waals surface area contributed by atoms with E-state index >= 15 is 0 Å². The van der Waals surface area contributed by atoms with E-state index in [4.69, 9.17) is 9.15 Å². The number of ether oxygens (including phenoxy) is 1. The Morgan fingerprint density at radius 1 is 1.44 bits per heavy atom. The zero-order valence-corrected chi connectivity index (χ0v) is 10.4. The Morgan fingerprint density at radius 3 is 3.33 bits per heavy atom. The standard InChI is InChI=1S/C14H18N2O2/c1-2-11(10-15-6-1)4-8-18-14-12-5-9-17-13(12)3-7-16-14/h3,5,7,9,11,15H,1-2,4,6,8,10H2. The van der Waals surface area contributed by atoms with E-state index in [2.05, 4.69) is 10.3 Å². The number of nitrogens with one attached hydrogen (secondary N) is 1. The first-order valence-corrected chi connectivity index (χ1v) is 6.59. The third-order valence-corrected chi connectivity index (χ3v) is 3.51. The van der Waals surface area contributed by atoms with Crippen LogP contribution in [0.2, 0.25) is 0 Å². The number of rotatable bonds is 4. The van der Waals surface area contributed by atoms with E-state index in [9.17, 15) is 0 Å². The Balaban J connectivity index is 1.57. The molecule has 0 saturated carbocycles. The second kappa shape index (κ2) is 5.40. The SMILES string of the molecule is c1cc2occc2c(OCCC2CCCNC2)n1. The minimum absolute atomic E-state index is 0.685. The lowest BCUT2D eigenvalue weighted by atomic mass is 9.97. The number of furan rings is 1. The number of piperidine rings is 1. The van der Waals surface area contributed by atoms with Crippen LogP contribution in [0.1, 0.15) is 19.3 Å². The second-order valence-corrected chi connectivity index (χ2v) is 4.80. The molecular formula is C14H18N2O2. The van der Waals surface area contributed by atoms with Crippen LogP contribution in [0.3, 0.4) is 0 Å². The normalized spacial score (nSPS) is 20.1. The van der Waals surface area contributed by atoms with Crippen molar-refractivity contribution < 1.29 is 9.15 Å². The highest BCUT2D eigenvalue weighted by atomic mass is 16.5. The molecule has 2 aromatic heterocycles. The van der Waals surface area contributed by atoms with Crippen LogP contribution >= 0.6 is 0 Å². The topological polar surface area (TPSA) is 47.3 Å². The van der Waals surface area contributed by atoms with E-state index in [0.717, 1.165) is 43.0 Å². The molecule has 1 atom stereocenters. The molecule has 0 bridgehead atoms. The van der Waals surface area contributed by atoms with E-state index in [1.807, 2.05) is 12.1 Å². The molecule has 18 heavy (non-hydrogen) atoms. The monoisotopic (exact) mass is 246 g/mol. The lowest BCUT2D eigenvalue weighted by molar-refractivity contribution is 0.250. The fourth-order valence-electron chi connectivity index (χ4n) is 2.48. The maximum atomic E-state index is 5.78. The van der Waals surface area contributed by atoms with Gasteiger partial charge in [0.25, 0.3) is 0 Å². The van der Waals surface area contributed by atoms with Crippen LogP contribution in [0.5, 0.6) is 5.88 Å². The number of nitrogens with zero attached hydrogens (tertiary/aromatic N) is 1. The van der Waals surface area contributed by atoms with Gasteiger partial charge in [0, 0.05) is 6.20 Å². The first kappa shape index (κ1) is 11.5. The van der Waals surface area contributed by atoms with Crippen LogP contribution in [0.15, 0.2) is 29.0 Å². The highest BCUT2D eigenvalue weighted by Gasteiger charge is 2.13. The first-order chi connectivity index (χ1) is 8.93. The number of fused-ring (bicyclic) bond motifs is 1. The van der Waals surface area contributed by atoms with Gasteiger partial charge in [0.1, 0.15) is 5.58 Å². The number of pyridine rings is 1. The Bertz CT molecular complexity index is 503. The summed E-state index contributed by atoms with van der Waals surface area (Å²) in [4.78, 5) is 4.26.